The first-order valence-corrected chi connectivity index (χ1v) is 11.6. The largest absolute Gasteiger partial charge is 0.371 e. The van der Waals surface area contributed by atoms with Crippen molar-refractivity contribution in [3.05, 3.63) is 41.3 Å². The van der Waals surface area contributed by atoms with Crippen molar-refractivity contribution in [1.29, 1.82) is 0 Å². The number of anilines is 1. The Morgan fingerprint density at radius 1 is 0.935 bits per heavy atom. The predicted octanol–water partition coefficient (Wildman–Crippen LogP) is 3.27. The number of aromatic nitrogens is 4. The standard InChI is InChI=1S/C24H30N6O/c1-15-9-18-12-26-30(22(18)10-21(15)17-5-7-25-8-6-17)24-11-23(27-16(2)28-24)29-13-19-3-4-20(14-29)31-19/h9-12,17,19-20,25H,3-8,13-14H2,1-2H3. The monoisotopic (exact) mass is 418 g/mol. The van der Waals surface area contributed by atoms with Gasteiger partial charge >= 0.3 is 0 Å². The maximum Gasteiger partial charge on any atom is 0.159 e. The zero-order valence-electron chi connectivity index (χ0n) is 18.3. The molecule has 1 aromatic carbocycles. The molecule has 0 aliphatic carbocycles. The number of rotatable bonds is 3. The lowest BCUT2D eigenvalue weighted by atomic mass is 9.87. The number of ether oxygens (including phenoxy) is 1. The fourth-order valence-corrected chi connectivity index (χ4v) is 5.57. The molecule has 0 spiro atoms. The molecule has 7 heteroatoms. The van der Waals surface area contributed by atoms with Crippen LogP contribution in [0.25, 0.3) is 16.7 Å². The lowest BCUT2D eigenvalue weighted by molar-refractivity contribution is 0.0302. The molecule has 31 heavy (non-hydrogen) atoms. The van der Waals surface area contributed by atoms with E-state index in [0.717, 1.165) is 67.4 Å². The summed E-state index contributed by atoms with van der Waals surface area (Å²) in [5, 5.41) is 9.38. The van der Waals surface area contributed by atoms with Gasteiger partial charge in [-0.15, -0.1) is 0 Å². The molecule has 6 rings (SSSR count). The van der Waals surface area contributed by atoms with Crippen LogP contribution in [-0.4, -0.2) is 58.1 Å². The number of piperidine rings is 1. The van der Waals surface area contributed by atoms with Crippen molar-refractivity contribution in [2.24, 2.45) is 0 Å². The quantitative estimate of drug-likeness (QED) is 0.704. The summed E-state index contributed by atoms with van der Waals surface area (Å²) in [5.41, 5.74) is 3.94. The van der Waals surface area contributed by atoms with Gasteiger partial charge in [0.05, 0.1) is 23.9 Å². The van der Waals surface area contributed by atoms with Crippen LogP contribution < -0.4 is 10.2 Å². The zero-order chi connectivity index (χ0) is 20.9. The Bertz CT molecular complexity index is 1110. The Morgan fingerprint density at radius 3 is 2.45 bits per heavy atom. The highest BCUT2D eigenvalue weighted by molar-refractivity contribution is 5.82. The molecule has 0 amide bonds. The first-order chi connectivity index (χ1) is 15.1. The molecule has 2 bridgehead atoms. The van der Waals surface area contributed by atoms with E-state index < -0.39 is 0 Å². The molecule has 5 heterocycles. The fraction of sp³-hybridized carbons (Fsp3) is 0.542. The van der Waals surface area contributed by atoms with Crippen LogP contribution in [0.4, 0.5) is 5.82 Å². The molecule has 3 aliphatic heterocycles. The van der Waals surface area contributed by atoms with Gasteiger partial charge in [-0.25, -0.2) is 14.6 Å². The molecule has 3 aliphatic rings. The molecular weight excluding hydrogens is 388 g/mol. The van der Waals surface area contributed by atoms with Crippen molar-refractivity contribution in [3.63, 3.8) is 0 Å². The summed E-state index contributed by atoms with van der Waals surface area (Å²) < 4.78 is 8.01. The molecule has 7 nitrogen and oxygen atoms in total. The topological polar surface area (TPSA) is 68.1 Å². The van der Waals surface area contributed by atoms with Gasteiger partial charge in [0.1, 0.15) is 11.6 Å². The number of hydrogen-bond donors (Lipinski definition) is 1. The molecule has 0 saturated carbocycles. The Labute approximate surface area is 182 Å². The molecule has 0 radical (unpaired) electrons. The number of morpholine rings is 1. The average Bonchev–Trinajstić information content (AvgIpc) is 3.35. The molecular formula is C24H30N6O. The minimum atomic E-state index is 0.332. The molecule has 3 saturated heterocycles. The summed E-state index contributed by atoms with van der Waals surface area (Å²) in [6, 6.07) is 6.72. The van der Waals surface area contributed by atoms with Crippen LogP contribution >= 0.6 is 0 Å². The first-order valence-electron chi connectivity index (χ1n) is 11.6. The summed E-state index contributed by atoms with van der Waals surface area (Å²) in [6.07, 6.45) is 7.31. The van der Waals surface area contributed by atoms with Gasteiger partial charge in [0, 0.05) is 24.5 Å². The Balaban J connectivity index is 1.40. The summed E-state index contributed by atoms with van der Waals surface area (Å²) in [7, 11) is 0. The molecule has 2 atom stereocenters. The van der Waals surface area contributed by atoms with Crippen molar-refractivity contribution < 1.29 is 4.74 Å². The third-order valence-electron chi connectivity index (χ3n) is 7.13. The van der Waals surface area contributed by atoms with E-state index in [-0.39, 0.29) is 0 Å². The van der Waals surface area contributed by atoms with Crippen LogP contribution in [0.1, 0.15) is 48.6 Å². The van der Waals surface area contributed by atoms with E-state index in [0.29, 0.717) is 18.1 Å². The van der Waals surface area contributed by atoms with Gasteiger partial charge in [0.2, 0.25) is 0 Å². The van der Waals surface area contributed by atoms with Gasteiger partial charge in [-0.3, -0.25) is 0 Å². The van der Waals surface area contributed by atoms with E-state index in [4.69, 9.17) is 19.8 Å². The van der Waals surface area contributed by atoms with Crippen LogP contribution in [-0.2, 0) is 4.74 Å². The zero-order valence-corrected chi connectivity index (χ0v) is 18.3. The average molecular weight is 419 g/mol. The summed E-state index contributed by atoms with van der Waals surface area (Å²) in [4.78, 5) is 11.9. The van der Waals surface area contributed by atoms with Crippen molar-refractivity contribution in [2.45, 2.75) is 57.7 Å². The molecule has 2 unspecified atom stereocenters. The highest BCUT2D eigenvalue weighted by Gasteiger charge is 2.34. The third-order valence-corrected chi connectivity index (χ3v) is 7.13. The summed E-state index contributed by atoms with van der Waals surface area (Å²) in [5.74, 6) is 3.22. The minimum Gasteiger partial charge on any atom is -0.371 e. The molecule has 3 aromatic rings. The van der Waals surface area contributed by atoms with Gasteiger partial charge in [0.15, 0.2) is 5.82 Å². The Kier molecular flexibility index (Phi) is 4.69. The molecule has 3 fully saturated rings. The van der Waals surface area contributed by atoms with Gasteiger partial charge in [-0.05, 0) is 81.8 Å². The van der Waals surface area contributed by atoms with Crippen LogP contribution in [0.2, 0.25) is 0 Å². The smallest absolute Gasteiger partial charge is 0.159 e. The third kappa shape index (κ3) is 3.49. The van der Waals surface area contributed by atoms with Gasteiger partial charge in [-0.2, -0.15) is 5.10 Å². The minimum absolute atomic E-state index is 0.332. The van der Waals surface area contributed by atoms with E-state index in [9.17, 15) is 0 Å². The number of aryl methyl sites for hydroxylation is 2. The van der Waals surface area contributed by atoms with E-state index in [1.807, 2.05) is 17.8 Å². The highest BCUT2D eigenvalue weighted by atomic mass is 16.5. The van der Waals surface area contributed by atoms with Crippen molar-refractivity contribution in [3.8, 4) is 5.82 Å². The van der Waals surface area contributed by atoms with Crippen LogP contribution in [0, 0.1) is 13.8 Å². The van der Waals surface area contributed by atoms with Crippen LogP contribution in [0.5, 0.6) is 0 Å². The van der Waals surface area contributed by atoms with E-state index in [1.54, 1.807) is 0 Å². The van der Waals surface area contributed by atoms with Crippen molar-refractivity contribution in [1.82, 2.24) is 25.1 Å². The SMILES string of the molecule is Cc1nc(N2CC3CCC(C2)O3)cc(-n2ncc3cc(C)c(C4CCNCC4)cc32)n1. The second-order valence-corrected chi connectivity index (χ2v) is 9.34. The van der Waals surface area contributed by atoms with E-state index in [1.165, 1.54) is 24.0 Å². The van der Waals surface area contributed by atoms with E-state index in [2.05, 4.69) is 35.3 Å². The normalized spacial score (nSPS) is 24.3. The second-order valence-electron chi connectivity index (χ2n) is 9.34. The van der Waals surface area contributed by atoms with Crippen LogP contribution in [0.3, 0.4) is 0 Å². The lowest BCUT2D eigenvalue weighted by Crippen LogP contribution is -2.43. The molecule has 2 aromatic heterocycles. The van der Waals surface area contributed by atoms with Gasteiger partial charge in [-0.1, -0.05) is 0 Å². The molecule has 1 N–H and O–H groups in total. The maximum atomic E-state index is 6.01. The maximum absolute atomic E-state index is 6.01. The predicted molar refractivity (Wildman–Crippen MR) is 121 cm³/mol. The van der Waals surface area contributed by atoms with E-state index >= 15 is 0 Å². The van der Waals surface area contributed by atoms with Crippen molar-refractivity contribution >= 4 is 16.7 Å². The highest BCUT2D eigenvalue weighted by Crippen LogP contribution is 2.33. The number of benzene rings is 1. The Morgan fingerprint density at radius 2 is 1.68 bits per heavy atom. The molecule has 162 valence electrons. The number of fused-ring (bicyclic) bond motifs is 3. The van der Waals surface area contributed by atoms with Gasteiger partial charge < -0.3 is 15.0 Å². The Hall–Kier alpha value is -2.51. The number of hydrogen-bond acceptors (Lipinski definition) is 6. The van der Waals surface area contributed by atoms with Crippen LogP contribution in [0.15, 0.2) is 24.4 Å². The number of nitrogens with zero attached hydrogens (tertiary/aromatic N) is 5. The van der Waals surface area contributed by atoms with Crippen molar-refractivity contribution in [2.75, 3.05) is 31.1 Å². The second kappa shape index (κ2) is 7.57. The van der Waals surface area contributed by atoms with Gasteiger partial charge in [0.25, 0.3) is 0 Å². The fourth-order valence-electron chi connectivity index (χ4n) is 5.57. The first kappa shape index (κ1) is 19.2. The summed E-state index contributed by atoms with van der Waals surface area (Å²) in [6.45, 7) is 8.21. The number of nitrogens with one attached hydrogen (secondary N) is 1. The lowest BCUT2D eigenvalue weighted by Gasteiger charge is -2.33. The summed E-state index contributed by atoms with van der Waals surface area (Å²) >= 11 is 0.